The number of nitrogens with one attached hydrogen (secondary N) is 1. The number of rotatable bonds is 4. The SMILES string of the molecule is N#Cc1ccsc1NC(=O)CSC12CC3CC(CC(C3)C1)C2. The molecule has 0 radical (unpaired) electrons. The normalized spacial score (nSPS) is 35.3. The Morgan fingerprint density at radius 1 is 1.32 bits per heavy atom. The van der Waals surface area contributed by atoms with E-state index in [1.807, 2.05) is 17.1 Å². The lowest BCUT2D eigenvalue weighted by Crippen LogP contribution is -2.49. The van der Waals surface area contributed by atoms with Crippen LogP contribution in [0.25, 0.3) is 0 Å². The molecule has 1 amide bonds. The Kier molecular flexibility index (Phi) is 3.70. The van der Waals surface area contributed by atoms with Crippen LogP contribution in [0.4, 0.5) is 5.00 Å². The summed E-state index contributed by atoms with van der Waals surface area (Å²) in [6.07, 6.45) is 8.27. The number of hydrogen-bond acceptors (Lipinski definition) is 4. The van der Waals surface area contributed by atoms with Crippen molar-refractivity contribution in [3.63, 3.8) is 0 Å². The number of amides is 1. The second-order valence-electron chi connectivity index (χ2n) is 7.21. The fourth-order valence-corrected chi connectivity index (χ4v) is 7.41. The van der Waals surface area contributed by atoms with Gasteiger partial charge >= 0.3 is 0 Å². The Balaban J connectivity index is 1.37. The Bertz CT molecular complexity index is 596. The number of nitriles is 1. The van der Waals surface area contributed by atoms with Gasteiger partial charge in [-0.3, -0.25) is 4.79 Å². The molecule has 4 saturated carbocycles. The maximum Gasteiger partial charge on any atom is 0.235 e. The molecule has 5 heteroatoms. The second kappa shape index (κ2) is 5.58. The van der Waals surface area contributed by atoms with Crippen LogP contribution in [0.2, 0.25) is 0 Å². The van der Waals surface area contributed by atoms with Crippen molar-refractivity contribution < 1.29 is 4.79 Å². The standard InChI is InChI=1S/C17H20N2OS2/c18-9-14-1-2-21-16(14)19-15(20)10-22-17-6-11-3-12(7-17)5-13(4-11)8-17/h1-2,11-13H,3-8,10H2,(H,19,20). The lowest BCUT2D eigenvalue weighted by atomic mass is 9.56. The first-order valence-electron chi connectivity index (χ1n) is 8.07. The number of nitrogens with zero attached hydrogens (tertiary/aromatic N) is 1. The summed E-state index contributed by atoms with van der Waals surface area (Å²) in [5.74, 6) is 3.33. The third-order valence-corrected chi connectivity index (χ3v) is 7.88. The lowest BCUT2D eigenvalue weighted by Gasteiger charge is -2.56. The van der Waals surface area contributed by atoms with Crippen LogP contribution in [0, 0.1) is 29.1 Å². The highest BCUT2D eigenvalue weighted by Crippen LogP contribution is 2.60. The average molecular weight is 332 g/mol. The topological polar surface area (TPSA) is 52.9 Å². The third kappa shape index (κ3) is 2.68. The first kappa shape index (κ1) is 14.6. The summed E-state index contributed by atoms with van der Waals surface area (Å²) in [4.78, 5) is 12.2. The van der Waals surface area contributed by atoms with E-state index in [0.717, 1.165) is 17.8 Å². The summed E-state index contributed by atoms with van der Waals surface area (Å²) in [6.45, 7) is 0. The van der Waals surface area contributed by atoms with Crippen molar-refractivity contribution in [2.24, 2.45) is 17.8 Å². The van der Waals surface area contributed by atoms with Gasteiger partial charge in [-0.05, 0) is 67.7 Å². The van der Waals surface area contributed by atoms with E-state index < -0.39 is 0 Å². The van der Waals surface area contributed by atoms with Gasteiger partial charge in [0.2, 0.25) is 5.91 Å². The van der Waals surface area contributed by atoms with Crippen LogP contribution in [0.3, 0.4) is 0 Å². The van der Waals surface area contributed by atoms with E-state index in [1.54, 1.807) is 6.07 Å². The number of carbonyl (C=O) groups excluding carboxylic acids is 1. The molecule has 22 heavy (non-hydrogen) atoms. The van der Waals surface area contributed by atoms with Crippen molar-refractivity contribution in [2.45, 2.75) is 43.3 Å². The predicted octanol–water partition coefficient (Wildman–Crippen LogP) is 4.26. The van der Waals surface area contributed by atoms with E-state index in [0.29, 0.717) is 21.1 Å². The molecular weight excluding hydrogens is 312 g/mol. The third-order valence-electron chi connectivity index (χ3n) is 5.53. The van der Waals surface area contributed by atoms with Crippen molar-refractivity contribution in [2.75, 3.05) is 11.1 Å². The van der Waals surface area contributed by atoms with Crippen LogP contribution < -0.4 is 5.32 Å². The van der Waals surface area contributed by atoms with Gasteiger partial charge in [-0.25, -0.2) is 0 Å². The van der Waals surface area contributed by atoms with Crippen LogP contribution in [-0.4, -0.2) is 16.4 Å². The van der Waals surface area contributed by atoms with E-state index in [-0.39, 0.29) is 5.91 Å². The molecule has 0 atom stereocenters. The van der Waals surface area contributed by atoms with Gasteiger partial charge in [0, 0.05) is 4.75 Å². The van der Waals surface area contributed by atoms with Crippen LogP contribution in [-0.2, 0) is 4.79 Å². The summed E-state index contributed by atoms with van der Waals surface area (Å²) in [7, 11) is 0. The Labute approximate surface area is 139 Å². The Hall–Kier alpha value is -0.990. The molecule has 1 heterocycles. The zero-order valence-electron chi connectivity index (χ0n) is 12.5. The molecule has 4 fully saturated rings. The number of thioether (sulfide) groups is 1. The van der Waals surface area contributed by atoms with Crippen molar-refractivity contribution in [1.82, 2.24) is 0 Å². The van der Waals surface area contributed by atoms with Gasteiger partial charge in [-0.1, -0.05) is 0 Å². The number of anilines is 1. The smallest absolute Gasteiger partial charge is 0.235 e. The zero-order chi connectivity index (χ0) is 15.2. The first-order valence-corrected chi connectivity index (χ1v) is 9.94. The van der Waals surface area contributed by atoms with Crippen LogP contribution in [0.15, 0.2) is 11.4 Å². The molecule has 1 aromatic rings. The minimum absolute atomic E-state index is 0.0414. The van der Waals surface area contributed by atoms with Gasteiger partial charge in [0.1, 0.15) is 11.1 Å². The maximum absolute atomic E-state index is 12.2. The van der Waals surface area contributed by atoms with Crippen LogP contribution in [0.5, 0.6) is 0 Å². The minimum atomic E-state index is 0.0414. The maximum atomic E-state index is 12.2. The molecule has 0 aliphatic heterocycles. The summed E-state index contributed by atoms with van der Waals surface area (Å²) in [5.41, 5.74) is 0.568. The summed E-state index contributed by atoms with van der Waals surface area (Å²) < 4.78 is 0.375. The number of hydrogen-bond donors (Lipinski definition) is 1. The van der Waals surface area contributed by atoms with Gasteiger partial charge in [0.05, 0.1) is 11.3 Å². The van der Waals surface area contributed by atoms with E-state index in [1.165, 1.54) is 49.9 Å². The highest BCUT2D eigenvalue weighted by Gasteiger charge is 2.51. The molecule has 0 unspecified atom stereocenters. The fraction of sp³-hybridized carbons (Fsp3) is 0.647. The minimum Gasteiger partial charge on any atom is -0.316 e. The van der Waals surface area contributed by atoms with Crippen molar-refractivity contribution in [3.8, 4) is 6.07 Å². The lowest BCUT2D eigenvalue weighted by molar-refractivity contribution is -0.113. The van der Waals surface area contributed by atoms with E-state index in [2.05, 4.69) is 11.4 Å². The Morgan fingerprint density at radius 3 is 2.55 bits per heavy atom. The summed E-state index contributed by atoms with van der Waals surface area (Å²) in [5, 5.41) is 14.5. The molecule has 0 spiro atoms. The molecule has 0 aromatic carbocycles. The zero-order valence-corrected chi connectivity index (χ0v) is 14.1. The van der Waals surface area contributed by atoms with Gasteiger partial charge in [-0.15, -0.1) is 23.1 Å². The largest absolute Gasteiger partial charge is 0.316 e. The second-order valence-corrected chi connectivity index (χ2v) is 9.57. The van der Waals surface area contributed by atoms with Crippen LogP contribution in [0.1, 0.15) is 44.1 Å². The molecule has 0 saturated heterocycles. The first-order chi connectivity index (χ1) is 10.7. The number of thiophene rings is 1. The summed E-state index contributed by atoms with van der Waals surface area (Å²) in [6, 6.07) is 3.88. The monoisotopic (exact) mass is 332 g/mol. The Morgan fingerprint density at radius 2 is 1.95 bits per heavy atom. The van der Waals surface area contributed by atoms with E-state index in [4.69, 9.17) is 5.26 Å². The molecule has 4 aliphatic carbocycles. The highest BCUT2D eigenvalue weighted by molar-refractivity contribution is 8.01. The molecule has 5 rings (SSSR count). The van der Waals surface area contributed by atoms with Crippen molar-refractivity contribution in [1.29, 1.82) is 5.26 Å². The van der Waals surface area contributed by atoms with Gasteiger partial charge < -0.3 is 5.32 Å². The molecule has 4 aliphatic rings. The number of carbonyl (C=O) groups is 1. The summed E-state index contributed by atoms with van der Waals surface area (Å²) >= 11 is 3.31. The van der Waals surface area contributed by atoms with Gasteiger partial charge in [0.25, 0.3) is 0 Å². The molecule has 1 aromatic heterocycles. The molecule has 116 valence electrons. The molecule has 4 bridgehead atoms. The van der Waals surface area contributed by atoms with Gasteiger partial charge in [-0.2, -0.15) is 5.26 Å². The van der Waals surface area contributed by atoms with Crippen LogP contribution >= 0.6 is 23.1 Å². The molecular formula is C17H20N2OS2. The van der Waals surface area contributed by atoms with E-state index >= 15 is 0 Å². The average Bonchev–Trinajstić information content (AvgIpc) is 2.91. The van der Waals surface area contributed by atoms with Gasteiger partial charge in [0.15, 0.2) is 0 Å². The quantitative estimate of drug-likeness (QED) is 0.896. The van der Waals surface area contributed by atoms with Crippen molar-refractivity contribution in [3.05, 3.63) is 17.0 Å². The fourth-order valence-electron chi connectivity index (χ4n) is 5.08. The predicted molar refractivity (Wildman–Crippen MR) is 91.0 cm³/mol. The molecule has 3 nitrogen and oxygen atoms in total. The van der Waals surface area contributed by atoms with E-state index in [9.17, 15) is 4.79 Å². The van der Waals surface area contributed by atoms with Crippen molar-refractivity contribution >= 4 is 34.0 Å². The molecule has 1 N–H and O–H groups in total. The highest BCUT2D eigenvalue weighted by atomic mass is 32.2.